The first-order valence-corrected chi connectivity index (χ1v) is 10.6. The van der Waals surface area contributed by atoms with Crippen LogP contribution >= 0.6 is 12.2 Å². The second-order valence-corrected chi connectivity index (χ2v) is 8.02. The van der Waals surface area contributed by atoms with Crippen LogP contribution in [-0.2, 0) is 11.2 Å². The summed E-state index contributed by atoms with van der Waals surface area (Å²) in [6, 6.07) is 14.3. The van der Waals surface area contributed by atoms with E-state index >= 15 is 0 Å². The van der Waals surface area contributed by atoms with Crippen LogP contribution in [0.5, 0.6) is 0 Å². The van der Waals surface area contributed by atoms with Gasteiger partial charge in [-0.3, -0.25) is 9.69 Å². The smallest absolute Gasteiger partial charge is 0.238 e. The minimum atomic E-state index is 0.0373. The number of anilines is 2. The van der Waals surface area contributed by atoms with Crippen molar-refractivity contribution < 1.29 is 4.79 Å². The fraction of sp³-hybridized carbons (Fsp3) is 0.391. The SMILES string of the molecule is CCc1ccccc1NC(=O)CN1CCN(C(=S)Nc2cc(C)cc(C)c2)CC1. The van der Waals surface area contributed by atoms with Crippen LogP contribution in [0.25, 0.3) is 0 Å². The lowest BCUT2D eigenvalue weighted by Crippen LogP contribution is -2.51. The molecule has 1 aliphatic heterocycles. The van der Waals surface area contributed by atoms with Gasteiger partial charge in [-0.05, 0) is 67.4 Å². The molecule has 0 aliphatic carbocycles. The van der Waals surface area contributed by atoms with Crippen molar-refractivity contribution in [2.75, 3.05) is 43.4 Å². The molecule has 0 aromatic heterocycles. The number of hydrogen-bond donors (Lipinski definition) is 2. The lowest BCUT2D eigenvalue weighted by molar-refractivity contribution is -0.117. The van der Waals surface area contributed by atoms with E-state index in [1.807, 2.05) is 18.2 Å². The van der Waals surface area contributed by atoms with Crippen molar-refractivity contribution in [1.82, 2.24) is 9.80 Å². The second-order valence-electron chi connectivity index (χ2n) is 7.63. The predicted octanol–water partition coefficient (Wildman–Crippen LogP) is 3.82. The summed E-state index contributed by atoms with van der Waals surface area (Å²) in [5, 5.41) is 7.15. The molecule has 0 atom stereocenters. The van der Waals surface area contributed by atoms with E-state index < -0.39 is 0 Å². The summed E-state index contributed by atoms with van der Waals surface area (Å²) in [5.41, 5.74) is 5.54. The molecule has 3 rings (SSSR count). The van der Waals surface area contributed by atoms with E-state index in [1.165, 1.54) is 11.1 Å². The normalized spacial score (nSPS) is 14.5. The molecule has 1 aliphatic rings. The molecule has 1 heterocycles. The molecule has 2 aromatic carbocycles. The van der Waals surface area contributed by atoms with E-state index in [0.29, 0.717) is 6.54 Å². The van der Waals surface area contributed by atoms with Crippen molar-refractivity contribution >= 4 is 34.6 Å². The molecule has 6 heteroatoms. The zero-order chi connectivity index (χ0) is 20.8. The number of carbonyl (C=O) groups excluding carboxylic acids is 1. The Morgan fingerprint density at radius 1 is 1.00 bits per heavy atom. The van der Waals surface area contributed by atoms with Crippen LogP contribution in [-0.4, -0.2) is 53.5 Å². The molecule has 0 unspecified atom stereocenters. The summed E-state index contributed by atoms with van der Waals surface area (Å²) in [6.45, 7) is 9.94. The third-order valence-electron chi connectivity index (χ3n) is 5.17. The number of nitrogens with zero attached hydrogens (tertiary/aromatic N) is 2. The molecule has 1 amide bonds. The number of carbonyl (C=O) groups is 1. The minimum absolute atomic E-state index is 0.0373. The Kier molecular flexibility index (Phi) is 7.23. The fourth-order valence-electron chi connectivity index (χ4n) is 3.70. The van der Waals surface area contributed by atoms with Crippen molar-refractivity contribution in [2.45, 2.75) is 27.2 Å². The molecule has 0 radical (unpaired) electrons. The monoisotopic (exact) mass is 410 g/mol. The lowest BCUT2D eigenvalue weighted by atomic mass is 10.1. The maximum atomic E-state index is 12.5. The van der Waals surface area contributed by atoms with Gasteiger partial charge in [-0.1, -0.05) is 31.2 Å². The Morgan fingerprint density at radius 2 is 1.66 bits per heavy atom. The van der Waals surface area contributed by atoms with Gasteiger partial charge in [-0.25, -0.2) is 0 Å². The van der Waals surface area contributed by atoms with E-state index in [4.69, 9.17) is 12.2 Å². The van der Waals surface area contributed by atoms with E-state index in [9.17, 15) is 4.79 Å². The van der Waals surface area contributed by atoms with Crippen LogP contribution in [0, 0.1) is 13.8 Å². The van der Waals surface area contributed by atoms with Crippen LogP contribution in [0.3, 0.4) is 0 Å². The number of hydrogen-bond acceptors (Lipinski definition) is 3. The summed E-state index contributed by atoms with van der Waals surface area (Å²) >= 11 is 5.60. The third-order valence-corrected chi connectivity index (χ3v) is 5.53. The van der Waals surface area contributed by atoms with Gasteiger partial charge in [0.15, 0.2) is 5.11 Å². The average molecular weight is 411 g/mol. The topological polar surface area (TPSA) is 47.6 Å². The van der Waals surface area contributed by atoms with Crippen molar-refractivity contribution in [1.29, 1.82) is 0 Å². The van der Waals surface area contributed by atoms with Crippen molar-refractivity contribution in [3.05, 3.63) is 59.2 Å². The van der Waals surface area contributed by atoms with E-state index in [1.54, 1.807) is 0 Å². The second kappa shape index (κ2) is 9.85. The molecule has 2 N–H and O–H groups in total. The quantitative estimate of drug-likeness (QED) is 0.734. The summed E-state index contributed by atoms with van der Waals surface area (Å²) in [7, 11) is 0. The van der Waals surface area contributed by atoms with Crippen LogP contribution in [0.4, 0.5) is 11.4 Å². The number of amides is 1. The Balaban J connectivity index is 1.47. The lowest BCUT2D eigenvalue weighted by Gasteiger charge is -2.35. The first-order valence-electron chi connectivity index (χ1n) is 10.2. The predicted molar refractivity (Wildman–Crippen MR) is 125 cm³/mol. The molecular formula is C23H30N4OS. The van der Waals surface area contributed by atoms with Crippen molar-refractivity contribution in [3.8, 4) is 0 Å². The summed E-state index contributed by atoms with van der Waals surface area (Å²) in [5.74, 6) is 0.0373. The van der Waals surface area contributed by atoms with Gasteiger partial charge in [0, 0.05) is 37.6 Å². The standard InChI is InChI=1S/C23H30N4OS/c1-4-19-7-5-6-8-21(19)25-22(28)16-26-9-11-27(12-10-26)23(29)24-20-14-17(2)13-18(3)15-20/h5-8,13-15H,4,9-12,16H2,1-3H3,(H,24,29)(H,25,28). The fourth-order valence-corrected chi connectivity index (χ4v) is 4.00. The van der Waals surface area contributed by atoms with Gasteiger partial charge in [0.1, 0.15) is 0 Å². The summed E-state index contributed by atoms with van der Waals surface area (Å²) < 4.78 is 0. The molecule has 0 spiro atoms. The summed E-state index contributed by atoms with van der Waals surface area (Å²) in [6.07, 6.45) is 0.903. The van der Waals surface area contributed by atoms with Gasteiger partial charge < -0.3 is 15.5 Å². The summed E-state index contributed by atoms with van der Waals surface area (Å²) in [4.78, 5) is 16.8. The molecule has 5 nitrogen and oxygen atoms in total. The Labute approximate surface area is 179 Å². The molecular weight excluding hydrogens is 380 g/mol. The van der Waals surface area contributed by atoms with E-state index in [-0.39, 0.29) is 5.91 Å². The number of aryl methyl sites for hydroxylation is 3. The first-order chi connectivity index (χ1) is 13.9. The van der Waals surface area contributed by atoms with Gasteiger partial charge in [-0.2, -0.15) is 0 Å². The Bertz CT molecular complexity index is 855. The van der Waals surface area contributed by atoms with E-state index in [0.717, 1.165) is 54.7 Å². The molecule has 0 bridgehead atoms. The van der Waals surface area contributed by atoms with Crippen LogP contribution in [0.15, 0.2) is 42.5 Å². The number of nitrogens with one attached hydrogen (secondary N) is 2. The van der Waals surface area contributed by atoms with Crippen LogP contribution in [0.2, 0.25) is 0 Å². The molecule has 1 fully saturated rings. The number of benzene rings is 2. The van der Waals surface area contributed by atoms with Crippen LogP contribution < -0.4 is 10.6 Å². The molecule has 2 aromatic rings. The maximum absolute atomic E-state index is 12.5. The van der Waals surface area contributed by atoms with E-state index in [2.05, 4.69) is 65.5 Å². The Morgan fingerprint density at radius 3 is 2.31 bits per heavy atom. The zero-order valence-electron chi connectivity index (χ0n) is 17.5. The molecule has 1 saturated heterocycles. The van der Waals surface area contributed by atoms with Gasteiger partial charge in [0.25, 0.3) is 0 Å². The zero-order valence-corrected chi connectivity index (χ0v) is 18.3. The molecule has 29 heavy (non-hydrogen) atoms. The van der Waals surface area contributed by atoms with Gasteiger partial charge in [0.2, 0.25) is 5.91 Å². The first kappa shape index (κ1) is 21.3. The largest absolute Gasteiger partial charge is 0.346 e. The Hall–Kier alpha value is -2.44. The number of para-hydroxylation sites is 1. The highest BCUT2D eigenvalue weighted by Crippen LogP contribution is 2.16. The highest BCUT2D eigenvalue weighted by molar-refractivity contribution is 7.80. The van der Waals surface area contributed by atoms with Gasteiger partial charge >= 0.3 is 0 Å². The van der Waals surface area contributed by atoms with Crippen LogP contribution in [0.1, 0.15) is 23.6 Å². The van der Waals surface area contributed by atoms with Gasteiger partial charge in [-0.15, -0.1) is 0 Å². The maximum Gasteiger partial charge on any atom is 0.238 e. The number of thiocarbonyl (C=S) groups is 1. The molecule has 154 valence electrons. The highest BCUT2D eigenvalue weighted by atomic mass is 32.1. The minimum Gasteiger partial charge on any atom is -0.346 e. The van der Waals surface area contributed by atoms with Crippen molar-refractivity contribution in [3.63, 3.8) is 0 Å². The number of piperazine rings is 1. The number of rotatable bonds is 5. The third kappa shape index (κ3) is 6.02. The average Bonchev–Trinajstić information content (AvgIpc) is 2.68. The van der Waals surface area contributed by atoms with Gasteiger partial charge in [0.05, 0.1) is 6.54 Å². The highest BCUT2D eigenvalue weighted by Gasteiger charge is 2.21. The molecule has 0 saturated carbocycles. The van der Waals surface area contributed by atoms with Crippen molar-refractivity contribution in [2.24, 2.45) is 0 Å².